The van der Waals surface area contributed by atoms with Gasteiger partial charge in [-0.05, 0) is 24.1 Å². The number of aromatic nitrogens is 3. The minimum absolute atomic E-state index is 0.0125. The summed E-state index contributed by atoms with van der Waals surface area (Å²) >= 11 is 3.17. The number of hydrogen-bond acceptors (Lipinski definition) is 6. The SMILES string of the molecule is CSC(=Nc1nc(C(C)c2cccc(C(=O)c3ccccc3)c2)nn1C)SC. The van der Waals surface area contributed by atoms with Gasteiger partial charge in [0.05, 0.1) is 0 Å². The maximum absolute atomic E-state index is 12.7. The predicted molar refractivity (Wildman–Crippen MR) is 119 cm³/mol. The molecule has 0 radical (unpaired) electrons. The van der Waals surface area contributed by atoms with E-state index in [0.717, 1.165) is 9.94 Å². The molecule has 3 rings (SSSR count). The molecular formula is C21H22N4OS2. The Hall–Kier alpha value is -2.38. The van der Waals surface area contributed by atoms with Gasteiger partial charge in [0, 0.05) is 24.1 Å². The lowest BCUT2D eigenvalue weighted by Gasteiger charge is -2.09. The number of rotatable bonds is 5. The van der Waals surface area contributed by atoms with E-state index in [1.165, 1.54) is 0 Å². The number of ketones is 1. The summed E-state index contributed by atoms with van der Waals surface area (Å²) in [4.78, 5) is 21.9. The fourth-order valence-electron chi connectivity index (χ4n) is 2.79. The van der Waals surface area contributed by atoms with Crippen LogP contribution in [0.4, 0.5) is 5.95 Å². The van der Waals surface area contributed by atoms with Gasteiger partial charge in [-0.15, -0.1) is 23.5 Å². The Morgan fingerprint density at radius 3 is 2.39 bits per heavy atom. The molecule has 0 bridgehead atoms. The Morgan fingerprint density at radius 2 is 1.71 bits per heavy atom. The molecule has 0 spiro atoms. The maximum atomic E-state index is 12.7. The van der Waals surface area contributed by atoms with E-state index >= 15 is 0 Å². The first kappa shape index (κ1) is 20.4. The molecule has 0 aliphatic carbocycles. The van der Waals surface area contributed by atoms with E-state index in [2.05, 4.69) is 15.1 Å². The zero-order chi connectivity index (χ0) is 20.1. The molecule has 144 valence electrons. The van der Waals surface area contributed by atoms with Gasteiger partial charge in [0.1, 0.15) is 4.38 Å². The van der Waals surface area contributed by atoms with Crippen LogP contribution in [0.2, 0.25) is 0 Å². The lowest BCUT2D eigenvalue weighted by molar-refractivity contribution is 0.103. The van der Waals surface area contributed by atoms with Crippen molar-refractivity contribution in [2.24, 2.45) is 12.0 Å². The highest BCUT2D eigenvalue weighted by molar-refractivity contribution is 8.38. The second-order valence-electron chi connectivity index (χ2n) is 6.22. The number of aryl methyl sites for hydroxylation is 1. The maximum Gasteiger partial charge on any atom is 0.249 e. The van der Waals surface area contributed by atoms with Crippen LogP contribution >= 0.6 is 23.5 Å². The second-order valence-corrected chi connectivity index (χ2v) is 8.07. The van der Waals surface area contributed by atoms with Gasteiger partial charge in [-0.2, -0.15) is 15.1 Å². The summed E-state index contributed by atoms with van der Waals surface area (Å²) in [6.45, 7) is 2.04. The van der Waals surface area contributed by atoms with Crippen molar-refractivity contribution in [3.05, 3.63) is 77.1 Å². The highest BCUT2D eigenvalue weighted by Gasteiger charge is 2.18. The van der Waals surface area contributed by atoms with Gasteiger partial charge in [-0.25, -0.2) is 4.68 Å². The molecule has 0 aliphatic rings. The lowest BCUT2D eigenvalue weighted by Crippen LogP contribution is -2.04. The Kier molecular flexibility index (Phi) is 6.70. The Labute approximate surface area is 173 Å². The second kappa shape index (κ2) is 9.21. The number of carbonyl (C=O) groups excluding carboxylic acids is 1. The van der Waals surface area contributed by atoms with Gasteiger partial charge in [0.25, 0.3) is 0 Å². The number of aliphatic imine (C=N–C) groups is 1. The van der Waals surface area contributed by atoms with Gasteiger partial charge in [0.2, 0.25) is 5.95 Å². The van der Waals surface area contributed by atoms with Crippen LogP contribution in [0.1, 0.15) is 40.2 Å². The van der Waals surface area contributed by atoms with Gasteiger partial charge < -0.3 is 0 Å². The Bertz CT molecular complexity index is 993. The molecule has 2 aromatic carbocycles. The number of nitrogens with zero attached hydrogens (tertiary/aromatic N) is 4. The van der Waals surface area contributed by atoms with Crippen LogP contribution in [-0.2, 0) is 7.05 Å². The largest absolute Gasteiger partial charge is 0.289 e. The molecule has 0 saturated carbocycles. The van der Waals surface area contributed by atoms with Gasteiger partial charge >= 0.3 is 0 Å². The first-order chi connectivity index (χ1) is 13.5. The van der Waals surface area contributed by atoms with E-state index in [1.54, 1.807) is 28.2 Å². The van der Waals surface area contributed by atoms with Crippen molar-refractivity contribution in [3.63, 3.8) is 0 Å². The first-order valence-corrected chi connectivity index (χ1v) is 11.3. The third kappa shape index (κ3) is 4.54. The van der Waals surface area contributed by atoms with E-state index < -0.39 is 0 Å². The number of hydrogen-bond donors (Lipinski definition) is 0. The molecule has 0 fully saturated rings. The topological polar surface area (TPSA) is 60.1 Å². The highest BCUT2D eigenvalue weighted by atomic mass is 32.2. The smallest absolute Gasteiger partial charge is 0.249 e. The normalized spacial score (nSPS) is 11.9. The highest BCUT2D eigenvalue weighted by Crippen LogP contribution is 2.26. The molecule has 1 aromatic heterocycles. The van der Waals surface area contributed by atoms with Crippen molar-refractivity contribution in [2.45, 2.75) is 12.8 Å². The average molecular weight is 411 g/mol. The van der Waals surface area contributed by atoms with Crippen LogP contribution < -0.4 is 0 Å². The molecule has 1 unspecified atom stereocenters. The quantitative estimate of drug-likeness (QED) is 0.340. The summed E-state index contributed by atoms with van der Waals surface area (Å²) in [5.74, 6) is 1.23. The lowest BCUT2D eigenvalue weighted by atomic mass is 9.95. The van der Waals surface area contributed by atoms with Crippen molar-refractivity contribution < 1.29 is 4.79 Å². The molecule has 1 atom stereocenters. The summed E-state index contributed by atoms with van der Waals surface area (Å²) in [7, 11) is 1.84. The van der Waals surface area contributed by atoms with Crippen molar-refractivity contribution in [1.29, 1.82) is 0 Å². The van der Waals surface area contributed by atoms with E-state index in [1.807, 2.05) is 81.1 Å². The molecule has 3 aromatic rings. The summed E-state index contributed by atoms with van der Waals surface area (Å²) < 4.78 is 2.63. The van der Waals surface area contributed by atoms with E-state index in [4.69, 9.17) is 0 Å². The minimum Gasteiger partial charge on any atom is -0.289 e. The molecule has 0 aliphatic heterocycles. The summed E-state index contributed by atoms with van der Waals surface area (Å²) in [6.07, 6.45) is 3.98. The Balaban J connectivity index is 1.89. The fourth-order valence-corrected chi connectivity index (χ4v) is 3.80. The number of carbonyl (C=O) groups is 1. The summed E-state index contributed by atoms with van der Waals surface area (Å²) in [5, 5.41) is 4.54. The summed E-state index contributed by atoms with van der Waals surface area (Å²) in [5.41, 5.74) is 2.34. The third-order valence-electron chi connectivity index (χ3n) is 4.37. The van der Waals surface area contributed by atoms with E-state index in [-0.39, 0.29) is 11.7 Å². The standard InChI is InChI=1S/C21H22N4OS2/c1-14(19-22-20(25(2)24-19)23-21(27-3)28-4)16-11-8-12-17(13-16)18(26)15-9-6-5-7-10-15/h5-14H,1-4H3. The van der Waals surface area contributed by atoms with Crippen molar-refractivity contribution in [3.8, 4) is 0 Å². The van der Waals surface area contributed by atoms with Gasteiger partial charge in [-0.1, -0.05) is 55.5 Å². The van der Waals surface area contributed by atoms with Gasteiger partial charge in [0.15, 0.2) is 11.6 Å². The number of thioether (sulfide) groups is 2. The molecule has 5 nitrogen and oxygen atoms in total. The molecule has 7 heteroatoms. The predicted octanol–water partition coefficient (Wildman–Crippen LogP) is 4.91. The van der Waals surface area contributed by atoms with Crippen molar-refractivity contribution >= 4 is 39.6 Å². The zero-order valence-corrected chi connectivity index (χ0v) is 17.9. The molecule has 0 N–H and O–H groups in total. The van der Waals surface area contributed by atoms with Crippen LogP contribution in [-0.4, -0.2) is 37.4 Å². The molecule has 0 amide bonds. The number of benzene rings is 2. The molecule has 1 heterocycles. The summed E-state index contributed by atoms with van der Waals surface area (Å²) in [6, 6.07) is 17.0. The van der Waals surface area contributed by atoms with Crippen LogP contribution in [0.3, 0.4) is 0 Å². The van der Waals surface area contributed by atoms with Crippen LogP contribution in [0.25, 0.3) is 0 Å². The molecular weight excluding hydrogens is 388 g/mol. The van der Waals surface area contributed by atoms with Crippen LogP contribution in [0, 0.1) is 0 Å². The van der Waals surface area contributed by atoms with Crippen LogP contribution in [0.5, 0.6) is 0 Å². The minimum atomic E-state index is -0.0503. The fraction of sp³-hybridized carbons (Fsp3) is 0.238. The monoisotopic (exact) mass is 410 g/mol. The van der Waals surface area contributed by atoms with Gasteiger partial charge in [-0.3, -0.25) is 4.79 Å². The van der Waals surface area contributed by atoms with Crippen molar-refractivity contribution in [1.82, 2.24) is 14.8 Å². The van der Waals surface area contributed by atoms with E-state index in [0.29, 0.717) is 22.9 Å². The molecule has 0 saturated heterocycles. The van der Waals surface area contributed by atoms with Crippen LogP contribution in [0.15, 0.2) is 59.6 Å². The first-order valence-electron chi connectivity index (χ1n) is 8.80. The molecule has 28 heavy (non-hydrogen) atoms. The van der Waals surface area contributed by atoms with Crippen molar-refractivity contribution in [2.75, 3.05) is 12.5 Å². The van der Waals surface area contributed by atoms with E-state index in [9.17, 15) is 4.79 Å². The zero-order valence-electron chi connectivity index (χ0n) is 16.3. The third-order valence-corrected chi connectivity index (χ3v) is 6.25. The average Bonchev–Trinajstić information content (AvgIpc) is 3.11. The Morgan fingerprint density at radius 1 is 1.04 bits per heavy atom.